The van der Waals surface area contributed by atoms with Crippen LogP contribution in [0.4, 0.5) is 0 Å². The first kappa shape index (κ1) is 9.44. The number of nitrogens with two attached hydrogens (primary N) is 1. The summed E-state index contributed by atoms with van der Waals surface area (Å²) in [6.45, 7) is 5.93. The van der Waals surface area contributed by atoms with E-state index in [-0.39, 0.29) is 0 Å². The van der Waals surface area contributed by atoms with Crippen LogP contribution in [0.5, 0.6) is 0 Å². The molecule has 2 fully saturated rings. The second-order valence-corrected chi connectivity index (χ2v) is 4.59. The smallest absolute Gasteiger partial charge is 0.0235 e. The van der Waals surface area contributed by atoms with E-state index >= 15 is 0 Å². The summed E-state index contributed by atoms with van der Waals surface area (Å²) in [4.78, 5) is 5.07. The lowest BCUT2D eigenvalue weighted by atomic mass is 10.1. The van der Waals surface area contributed by atoms with Crippen LogP contribution in [0.2, 0.25) is 0 Å². The third kappa shape index (κ3) is 2.03. The van der Waals surface area contributed by atoms with Gasteiger partial charge in [0.05, 0.1) is 0 Å². The maximum Gasteiger partial charge on any atom is 0.0235 e. The number of rotatable bonds is 2. The van der Waals surface area contributed by atoms with Crippen LogP contribution in [0.3, 0.4) is 0 Å². The lowest BCUT2D eigenvalue weighted by Gasteiger charge is -2.23. The molecule has 3 heteroatoms. The third-order valence-electron chi connectivity index (χ3n) is 3.53. The highest BCUT2D eigenvalue weighted by atomic mass is 15.3. The van der Waals surface area contributed by atoms with Crippen molar-refractivity contribution in [1.29, 1.82) is 0 Å². The van der Waals surface area contributed by atoms with Crippen LogP contribution in [0, 0.1) is 5.92 Å². The van der Waals surface area contributed by atoms with Crippen LogP contribution >= 0.6 is 0 Å². The van der Waals surface area contributed by atoms with Gasteiger partial charge in [-0.15, -0.1) is 0 Å². The summed E-state index contributed by atoms with van der Waals surface area (Å²) in [5.41, 5.74) is 5.68. The molecular formula is C10H21N3. The van der Waals surface area contributed by atoms with Crippen molar-refractivity contribution in [2.75, 3.05) is 39.8 Å². The average molecular weight is 183 g/mol. The molecule has 0 aliphatic carbocycles. The van der Waals surface area contributed by atoms with Gasteiger partial charge in [0, 0.05) is 19.1 Å². The quantitative estimate of drug-likeness (QED) is 0.652. The number of nitrogens with zero attached hydrogens (tertiary/aromatic N) is 2. The monoisotopic (exact) mass is 183 g/mol. The molecule has 2 N–H and O–H groups in total. The molecule has 0 saturated carbocycles. The molecular weight excluding hydrogens is 162 g/mol. The Morgan fingerprint density at radius 2 is 2.08 bits per heavy atom. The topological polar surface area (TPSA) is 32.5 Å². The van der Waals surface area contributed by atoms with Crippen LogP contribution in [0.25, 0.3) is 0 Å². The van der Waals surface area contributed by atoms with E-state index < -0.39 is 0 Å². The second-order valence-electron chi connectivity index (χ2n) is 4.59. The summed E-state index contributed by atoms with van der Waals surface area (Å²) in [5, 5.41) is 0. The van der Waals surface area contributed by atoms with Gasteiger partial charge in [0.1, 0.15) is 0 Å². The number of hydrogen-bond acceptors (Lipinski definition) is 3. The fourth-order valence-corrected chi connectivity index (χ4v) is 2.60. The number of hydrogen-bond donors (Lipinski definition) is 1. The van der Waals surface area contributed by atoms with Crippen LogP contribution in [-0.2, 0) is 0 Å². The second kappa shape index (κ2) is 3.95. The van der Waals surface area contributed by atoms with E-state index in [4.69, 9.17) is 5.73 Å². The van der Waals surface area contributed by atoms with E-state index in [1.807, 2.05) is 0 Å². The Balaban J connectivity index is 1.82. The highest BCUT2D eigenvalue weighted by molar-refractivity contribution is 4.87. The zero-order valence-electron chi connectivity index (χ0n) is 8.58. The molecule has 13 heavy (non-hydrogen) atoms. The van der Waals surface area contributed by atoms with Gasteiger partial charge in [-0.3, -0.25) is 4.90 Å². The third-order valence-corrected chi connectivity index (χ3v) is 3.53. The largest absolute Gasteiger partial charge is 0.330 e. The number of likely N-dealkylation sites (N-methyl/N-ethyl adjacent to an activating group) is 1. The predicted molar refractivity (Wildman–Crippen MR) is 54.6 cm³/mol. The van der Waals surface area contributed by atoms with Crippen molar-refractivity contribution >= 4 is 0 Å². The van der Waals surface area contributed by atoms with Gasteiger partial charge in [0.15, 0.2) is 0 Å². The van der Waals surface area contributed by atoms with E-state index in [1.54, 1.807) is 0 Å². The van der Waals surface area contributed by atoms with Gasteiger partial charge in [-0.1, -0.05) is 0 Å². The Morgan fingerprint density at radius 1 is 1.23 bits per heavy atom. The molecule has 0 spiro atoms. The van der Waals surface area contributed by atoms with Gasteiger partial charge < -0.3 is 10.6 Å². The first-order valence-electron chi connectivity index (χ1n) is 5.42. The maximum absolute atomic E-state index is 5.68. The summed E-state index contributed by atoms with van der Waals surface area (Å²) in [6, 6.07) is 0.821. The fraction of sp³-hybridized carbons (Fsp3) is 1.00. The molecule has 0 bridgehead atoms. The standard InChI is InChI=1S/C10H21N3/c1-12-4-3-10(8-12)13-5-2-9(6-11)7-13/h9-10H,2-8,11H2,1H3. The summed E-state index contributed by atoms with van der Waals surface area (Å²) in [5.74, 6) is 0.769. The molecule has 2 aliphatic rings. The molecule has 3 nitrogen and oxygen atoms in total. The molecule has 0 aromatic carbocycles. The van der Waals surface area contributed by atoms with Gasteiger partial charge in [0.25, 0.3) is 0 Å². The molecule has 2 atom stereocenters. The van der Waals surface area contributed by atoms with E-state index in [0.29, 0.717) is 0 Å². The minimum Gasteiger partial charge on any atom is -0.330 e. The highest BCUT2D eigenvalue weighted by Gasteiger charge is 2.30. The van der Waals surface area contributed by atoms with Gasteiger partial charge in [-0.05, 0) is 45.4 Å². The minimum absolute atomic E-state index is 0.769. The van der Waals surface area contributed by atoms with E-state index in [9.17, 15) is 0 Å². The zero-order chi connectivity index (χ0) is 9.26. The molecule has 76 valence electrons. The molecule has 0 aromatic rings. The number of likely N-dealkylation sites (tertiary alicyclic amines) is 2. The Hall–Kier alpha value is -0.120. The normalized spacial score (nSPS) is 37.4. The van der Waals surface area contributed by atoms with Gasteiger partial charge in [-0.25, -0.2) is 0 Å². The SMILES string of the molecule is CN1CCC(N2CCC(CN)C2)C1. The summed E-state index contributed by atoms with van der Waals surface area (Å²) >= 11 is 0. The van der Waals surface area contributed by atoms with Crippen molar-refractivity contribution in [3.8, 4) is 0 Å². The van der Waals surface area contributed by atoms with Crippen LogP contribution in [0.1, 0.15) is 12.8 Å². The summed E-state index contributed by atoms with van der Waals surface area (Å²) in [6.07, 6.45) is 2.67. The first-order valence-corrected chi connectivity index (χ1v) is 5.42. The van der Waals surface area contributed by atoms with Crippen molar-refractivity contribution in [3.63, 3.8) is 0 Å². The van der Waals surface area contributed by atoms with Gasteiger partial charge in [-0.2, -0.15) is 0 Å². The molecule has 2 heterocycles. The Labute approximate surface area is 80.9 Å². The molecule has 0 radical (unpaired) electrons. The van der Waals surface area contributed by atoms with E-state index in [1.165, 1.54) is 39.0 Å². The zero-order valence-corrected chi connectivity index (χ0v) is 8.58. The molecule has 2 unspecified atom stereocenters. The molecule has 2 saturated heterocycles. The summed E-state index contributed by atoms with van der Waals surface area (Å²) < 4.78 is 0. The Morgan fingerprint density at radius 3 is 2.62 bits per heavy atom. The van der Waals surface area contributed by atoms with Gasteiger partial charge in [0.2, 0.25) is 0 Å². The molecule has 0 amide bonds. The van der Waals surface area contributed by atoms with Crippen molar-refractivity contribution < 1.29 is 0 Å². The Bertz CT molecular complexity index is 172. The lowest BCUT2D eigenvalue weighted by molar-refractivity contribution is 0.235. The minimum atomic E-state index is 0.769. The average Bonchev–Trinajstić information content (AvgIpc) is 2.71. The van der Waals surface area contributed by atoms with Crippen molar-refractivity contribution in [2.45, 2.75) is 18.9 Å². The molecule has 0 aromatic heterocycles. The lowest BCUT2D eigenvalue weighted by Crippen LogP contribution is -2.35. The maximum atomic E-state index is 5.68. The van der Waals surface area contributed by atoms with E-state index in [2.05, 4.69) is 16.8 Å². The fourth-order valence-electron chi connectivity index (χ4n) is 2.60. The van der Waals surface area contributed by atoms with Crippen LogP contribution < -0.4 is 5.73 Å². The van der Waals surface area contributed by atoms with Gasteiger partial charge >= 0.3 is 0 Å². The van der Waals surface area contributed by atoms with Crippen molar-refractivity contribution in [1.82, 2.24) is 9.80 Å². The van der Waals surface area contributed by atoms with Crippen molar-refractivity contribution in [2.24, 2.45) is 11.7 Å². The summed E-state index contributed by atoms with van der Waals surface area (Å²) in [7, 11) is 2.22. The Kier molecular flexibility index (Phi) is 2.86. The highest BCUT2D eigenvalue weighted by Crippen LogP contribution is 2.22. The van der Waals surface area contributed by atoms with Crippen LogP contribution in [0.15, 0.2) is 0 Å². The first-order chi connectivity index (χ1) is 6.29. The van der Waals surface area contributed by atoms with Crippen LogP contribution in [-0.4, -0.2) is 55.6 Å². The van der Waals surface area contributed by atoms with E-state index in [0.717, 1.165) is 18.5 Å². The van der Waals surface area contributed by atoms with Crippen molar-refractivity contribution in [3.05, 3.63) is 0 Å². The molecule has 2 aliphatic heterocycles. The molecule has 2 rings (SSSR count). The predicted octanol–water partition coefficient (Wildman–Crippen LogP) is -0.0289.